The van der Waals surface area contributed by atoms with Crippen LogP contribution in [0.2, 0.25) is 0 Å². The number of benzene rings is 1. The lowest BCUT2D eigenvalue weighted by atomic mass is 9.86. The van der Waals surface area contributed by atoms with Gasteiger partial charge in [-0.2, -0.15) is 0 Å². The summed E-state index contributed by atoms with van der Waals surface area (Å²) in [5.41, 5.74) is 0.834. The molecule has 1 aromatic rings. The van der Waals surface area contributed by atoms with Gasteiger partial charge in [0, 0.05) is 30.8 Å². The van der Waals surface area contributed by atoms with Crippen LogP contribution in [0, 0.1) is 5.92 Å². The highest BCUT2D eigenvalue weighted by molar-refractivity contribution is 5.99. The third kappa shape index (κ3) is 5.07. The fraction of sp³-hybridized carbons (Fsp3) is 0.550. The Labute approximate surface area is 154 Å². The maximum Gasteiger partial charge on any atom is 0.308 e. The molecule has 0 radical (unpaired) electrons. The summed E-state index contributed by atoms with van der Waals surface area (Å²) in [6, 6.07) is 6.21. The van der Waals surface area contributed by atoms with Gasteiger partial charge >= 0.3 is 5.97 Å². The van der Waals surface area contributed by atoms with Crippen molar-refractivity contribution in [2.24, 2.45) is 5.92 Å². The second-order valence-electron chi connectivity index (χ2n) is 6.92. The molecule has 0 saturated heterocycles. The first kappa shape index (κ1) is 19.9. The molecule has 0 bridgehead atoms. The molecule has 2 atom stereocenters. The quantitative estimate of drug-likeness (QED) is 0.845. The van der Waals surface area contributed by atoms with Crippen molar-refractivity contribution in [2.75, 3.05) is 13.6 Å². The van der Waals surface area contributed by atoms with E-state index >= 15 is 0 Å². The Balaban J connectivity index is 2.14. The topological polar surface area (TPSA) is 86.7 Å². The second-order valence-corrected chi connectivity index (χ2v) is 6.92. The molecule has 1 aliphatic rings. The minimum atomic E-state index is -0.856. The molecule has 0 spiro atoms. The fourth-order valence-electron chi connectivity index (χ4n) is 3.36. The third-order valence-corrected chi connectivity index (χ3v) is 5.09. The molecule has 26 heavy (non-hydrogen) atoms. The summed E-state index contributed by atoms with van der Waals surface area (Å²) in [5, 5.41) is 12.4. The van der Waals surface area contributed by atoms with Crippen LogP contribution in [0.25, 0.3) is 0 Å². The molecule has 2 unspecified atom stereocenters. The Morgan fingerprint density at radius 2 is 1.77 bits per heavy atom. The van der Waals surface area contributed by atoms with Gasteiger partial charge in [-0.05, 0) is 38.0 Å². The van der Waals surface area contributed by atoms with Crippen LogP contribution in [0.4, 0.5) is 0 Å². The van der Waals surface area contributed by atoms with Crippen molar-refractivity contribution < 1.29 is 19.5 Å². The van der Waals surface area contributed by atoms with E-state index < -0.39 is 11.9 Å². The maximum absolute atomic E-state index is 12.7. The standard InChI is InChI=1S/C20H28N2O4/c1-3-22(2)19(24)15-10-8-9-14(13-15)18(23)21-17-12-7-5-4-6-11-16(17)20(25)26/h8-10,13,16-17H,3-7,11-12H2,1-2H3,(H,21,23)(H,25,26). The fourth-order valence-corrected chi connectivity index (χ4v) is 3.36. The Morgan fingerprint density at radius 3 is 2.42 bits per heavy atom. The number of hydrogen-bond acceptors (Lipinski definition) is 3. The summed E-state index contributed by atoms with van der Waals surface area (Å²) >= 11 is 0. The molecule has 6 heteroatoms. The number of aliphatic carboxylic acids is 1. The maximum atomic E-state index is 12.7. The van der Waals surface area contributed by atoms with Gasteiger partial charge in [0.25, 0.3) is 11.8 Å². The Morgan fingerprint density at radius 1 is 1.12 bits per heavy atom. The van der Waals surface area contributed by atoms with Crippen LogP contribution < -0.4 is 5.32 Å². The van der Waals surface area contributed by atoms with Gasteiger partial charge in [0.05, 0.1) is 5.92 Å². The predicted octanol–water partition coefficient (Wildman–Crippen LogP) is 2.93. The molecule has 2 N–H and O–H groups in total. The zero-order chi connectivity index (χ0) is 19.1. The van der Waals surface area contributed by atoms with Crippen LogP contribution in [-0.2, 0) is 4.79 Å². The van der Waals surface area contributed by atoms with Gasteiger partial charge in [-0.15, -0.1) is 0 Å². The Kier molecular flexibility index (Phi) is 7.18. The molecule has 142 valence electrons. The Bertz CT molecular complexity index is 659. The lowest BCUT2D eigenvalue weighted by Gasteiger charge is -2.27. The van der Waals surface area contributed by atoms with Crippen molar-refractivity contribution in [1.29, 1.82) is 0 Å². The normalized spacial score (nSPS) is 20.5. The van der Waals surface area contributed by atoms with Crippen molar-refractivity contribution in [1.82, 2.24) is 10.2 Å². The van der Waals surface area contributed by atoms with Crippen LogP contribution in [0.15, 0.2) is 24.3 Å². The van der Waals surface area contributed by atoms with Crippen molar-refractivity contribution in [3.8, 4) is 0 Å². The van der Waals surface area contributed by atoms with Gasteiger partial charge in [-0.1, -0.05) is 31.7 Å². The van der Waals surface area contributed by atoms with E-state index in [-0.39, 0.29) is 17.9 Å². The molecule has 0 aromatic heterocycles. The van der Waals surface area contributed by atoms with Crippen LogP contribution >= 0.6 is 0 Å². The number of rotatable bonds is 5. The number of amides is 2. The van der Waals surface area contributed by atoms with E-state index in [2.05, 4.69) is 5.32 Å². The molecular formula is C20H28N2O4. The van der Waals surface area contributed by atoms with Gasteiger partial charge < -0.3 is 15.3 Å². The van der Waals surface area contributed by atoms with Crippen LogP contribution in [0.1, 0.15) is 66.2 Å². The molecular weight excluding hydrogens is 332 g/mol. The molecule has 0 heterocycles. The summed E-state index contributed by atoms with van der Waals surface area (Å²) in [6.07, 6.45) is 5.14. The first-order chi connectivity index (χ1) is 12.4. The molecule has 1 aliphatic carbocycles. The first-order valence-electron chi connectivity index (χ1n) is 9.33. The second kappa shape index (κ2) is 9.36. The van der Waals surface area contributed by atoms with E-state index in [1.165, 1.54) is 0 Å². The van der Waals surface area contributed by atoms with Crippen LogP contribution in [0.5, 0.6) is 0 Å². The number of nitrogens with zero attached hydrogens (tertiary/aromatic N) is 1. The van der Waals surface area contributed by atoms with Gasteiger partial charge in [-0.25, -0.2) is 0 Å². The number of carbonyl (C=O) groups is 3. The van der Waals surface area contributed by atoms with E-state index in [4.69, 9.17) is 0 Å². The van der Waals surface area contributed by atoms with Gasteiger partial charge in [-0.3, -0.25) is 14.4 Å². The van der Waals surface area contributed by atoms with Crippen LogP contribution in [-0.4, -0.2) is 47.4 Å². The van der Waals surface area contributed by atoms with Gasteiger partial charge in [0.1, 0.15) is 0 Å². The van der Waals surface area contributed by atoms with Crippen molar-refractivity contribution in [3.05, 3.63) is 35.4 Å². The average Bonchev–Trinajstić information content (AvgIpc) is 2.62. The minimum Gasteiger partial charge on any atom is -0.481 e. The largest absolute Gasteiger partial charge is 0.481 e. The number of carboxylic acid groups (broad SMARTS) is 1. The summed E-state index contributed by atoms with van der Waals surface area (Å²) in [6.45, 7) is 2.47. The lowest BCUT2D eigenvalue weighted by molar-refractivity contribution is -0.143. The van der Waals surface area contributed by atoms with Crippen molar-refractivity contribution in [2.45, 2.75) is 51.5 Å². The number of nitrogens with one attached hydrogen (secondary N) is 1. The zero-order valence-corrected chi connectivity index (χ0v) is 15.5. The summed E-state index contributed by atoms with van der Waals surface area (Å²) in [7, 11) is 1.71. The van der Waals surface area contributed by atoms with E-state index in [0.29, 0.717) is 30.5 Å². The molecule has 2 amide bonds. The predicted molar refractivity (Wildman–Crippen MR) is 99.2 cm³/mol. The summed E-state index contributed by atoms with van der Waals surface area (Å²) < 4.78 is 0. The number of hydrogen-bond donors (Lipinski definition) is 2. The van der Waals surface area contributed by atoms with E-state index in [0.717, 1.165) is 25.7 Å². The molecule has 1 saturated carbocycles. The average molecular weight is 360 g/mol. The smallest absolute Gasteiger partial charge is 0.308 e. The first-order valence-corrected chi connectivity index (χ1v) is 9.33. The lowest BCUT2D eigenvalue weighted by Crippen LogP contribution is -2.44. The van der Waals surface area contributed by atoms with E-state index in [1.54, 1.807) is 36.2 Å². The van der Waals surface area contributed by atoms with Crippen LogP contribution in [0.3, 0.4) is 0 Å². The highest BCUT2D eigenvalue weighted by Gasteiger charge is 2.30. The van der Waals surface area contributed by atoms with Gasteiger partial charge in [0.15, 0.2) is 0 Å². The summed E-state index contributed by atoms with van der Waals surface area (Å²) in [5.74, 6) is -1.88. The van der Waals surface area contributed by atoms with E-state index in [1.807, 2.05) is 6.92 Å². The molecule has 6 nitrogen and oxygen atoms in total. The molecule has 0 aliphatic heterocycles. The van der Waals surface area contributed by atoms with Gasteiger partial charge in [0.2, 0.25) is 0 Å². The van der Waals surface area contributed by atoms with Crippen molar-refractivity contribution in [3.63, 3.8) is 0 Å². The molecule has 2 rings (SSSR count). The highest BCUT2D eigenvalue weighted by Crippen LogP contribution is 2.23. The monoisotopic (exact) mass is 360 g/mol. The highest BCUT2D eigenvalue weighted by atomic mass is 16.4. The number of carboxylic acids is 1. The molecule has 1 fully saturated rings. The molecule has 1 aromatic carbocycles. The van der Waals surface area contributed by atoms with Crippen molar-refractivity contribution >= 4 is 17.8 Å². The zero-order valence-electron chi connectivity index (χ0n) is 15.5. The number of carbonyl (C=O) groups excluding carboxylic acids is 2. The summed E-state index contributed by atoms with van der Waals surface area (Å²) in [4.78, 5) is 38.1. The third-order valence-electron chi connectivity index (χ3n) is 5.09. The SMILES string of the molecule is CCN(C)C(=O)c1cccc(C(=O)NC2CCCCCCC2C(=O)O)c1. The Hall–Kier alpha value is -2.37. The van der Waals surface area contributed by atoms with E-state index in [9.17, 15) is 19.5 Å². The minimum absolute atomic E-state index is 0.142.